The molecular weight excluding hydrogens is 468 g/mol. The molecule has 0 radical (unpaired) electrons. The number of carboxylic acid groups (broad SMARTS) is 1. The smallest absolute Gasteiger partial charge is 0.316 e. The van der Waals surface area contributed by atoms with Crippen molar-refractivity contribution in [2.45, 2.75) is 51.0 Å². The third-order valence-electron chi connectivity index (χ3n) is 6.39. The first-order chi connectivity index (χ1) is 17.0. The highest BCUT2D eigenvalue weighted by atomic mass is 35.5. The first-order valence-electron chi connectivity index (χ1n) is 11.7. The van der Waals surface area contributed by atoms with Gasteiger partial charge in [0.15, 0.2) is 11.6 Å². The molecule has 10 heteroatoms. The Bertz CT molecular complexity index is 1240. The molecule has 0 bridgehead atoms. The summed E-state index contributed by atoms with van der Waals surface area (Å²) in [5.41, 5.74) is 3.64. The minimum Gasteiger partial charge on any atom is -0.481 e. The van der Waals surface area contributed by atoms with Crippen molar-refractivity contribution >= 4 is 28.9 Å². The Morgan fingerprint density at radius 3 is 2.46 bits per heavy atom. The van der Waals surface area contributed by atoms with Gasteiger partial charge in [0.1, 0.15) is 6.10 Å². The predicted molar refractivity (Wildman–Crippen MR) is 131 cm³/mol. The number of aliphatic imine (C=N–C) groups is 1. The standard InChI is InChI=1S/C25H25ClN6O3/c26-19-6-3-16(4-7-19)23-30-24(32-31-23)17-5-10-21(27-12-17)18-13-28-25(29-14-18)35-20-8-1-15(2-9-20)11-22(33)34/h3-4,6-7,12-15,20H,1-2,5,8-11H2,(H,33,34)(H,30,31,32). The van der Waals surface area contributed by atoms with Crippen LogP contribution in [0.2, 0.25) is 5.02 Å². The van der Waals surface area contributed by atoms with Gasteiger partial charge in [-0.25, -0.2) is 15.0 Å². The molecular formula is C25H25ClN6O3. The number of aromatic nitrogens is 5. The van der Waals surface area contributed by atoms with Crippen molar-refractivity contribution in [1.82, 2.24) is 25.1 Å². The normalized spacial score (nSPS) is 20.1. The lowest BCUT2D eigenvalue weighted by atomic mass is 9.85. The zero-order chi connectivity index (χ0) is 24.2. The summed E-state index contributed by atoms with van der Waals surface area (Å²) < 4.78 is 5.92. The van der Waals surface area contributed by atoms with Crippen LogP contribution in [0.25, 0.3) is 17.0 Å². The van der Waals surface area contributed by atoms with E-state index in [0.29, 0.717) is 22.7 Å². The second kappa shape index (κ2) is 10.4. The summed E-state index contributed by atoms with van der Waals surface area (Å²) in [5.74, 6) is 0.824. The molecule has 2 aliphatic rings. The molecule has 0 atom stereocenters. The number of carboxylic acids is 1. The van der Waals surface area contributed by atoms with Crippen LogP contribution in [0.15, 0.2) is 47.9 Å². The Hall–Kier alpha value is -3.59. The lowest BCUT2D eigenvalue weighted by Crippen LogP contribution is -2.26. The van der Waals surface area contributed by atoms with Gasteiger partial charge in [-0.1, -0.05) is 11.6 Å². The number of hydrogen-bond acceptors (Lipinski definition) is 7. The van der Waals surface area contributed by atoms with Gasteiger partial charge in [0, 0.05) is 46.7 Å². The number of rotatable bonds is 7. The molecule has 2 N–H and O–H groups in total. The first-order valence-corrected chi connectivity index (χ1v) is 12.1. The number of aromatic amines is 1. The summed E-state index contributed by atoms with van der Waals surface area (Å²) >= 11 is 5.96. The van der Waals surface area contributed by atoms with Crippen LogP contribution < -0.4 is 4.74 Å². The molecule has 3 aromatic rings. The van der Waals surface area contributed by atoms with Gasteiger partial charge >= 0.3 is 12.0 Å². The van der Waals surface area contributed by atoms with E-state index in [2.05, 4.69) is 30.1 Å². The van der Waals surface area contributed by atoms with Gasteiger partial charge < -0.3 is 9.84 Å². The van der Waals surface area contributed by atoms with Crippen molar-refractivity contribution in [2.24, 2.45) is 10.9 Å². The average molecular weight is 493 g/mol. The van der Waals surface area contributed by atoms with E-state index in [4.69, 9.17) is 21.4 Å². The molecule has 3 heterocycles. The third kappa shape index (κ3) is 5.74. The molecule has 0 spiro atoms. The van der Waals surface area contributed by atoms with E-state index in [1.165, 1.54) is 0 Å². The fourth-order valence-electron chi connectivity index (χ4n) is 4.44. The number of nitrogens with zero attached hydrogens (tertiary/aromatic N) is 5. The lowest BCUT2D eigenvalue weighted by molar-refractivity contribution is -0.138. The van der Waals surface area contributed by atoms with Crippen molar-refractivity contribution < 1.29 is 14.6 Å². The van der Waals surface area contributed by atoms with E-state index in [1.807, 2.05) is 24.3 Å². The Labute approximate surface area is 207 Å². The summed E-state index contributed by atoms with van der Waals surface area (Å²) in [7, 11) is 0. The molecule has 2 aromatic heterocycles. The summed E-state index contributed by atoms with van der Waals surface area (Å²) in [6, 6.07) is 7.78. The van der Waals surface area contributed by atoms with Crippen molar-refractivity contribution in [3.63, 3.8) is 0 Å². The van der Waals surface area contributed by atoms with Crippen LogP contribution in [0.4, 0.5) is 0 Å². The van der Waals surface area contributed by atoms with Gasteiger partial charge in [-0.3, -0.25) is 14.9 Å². The number of aliphatic carboxylic acids is 1. The Morgan fingerprint density at radius 2 is 1.80 bits per heavy atom. The predicted octanol–water partition coefficient (Wildman–Crippen LogP) is 4.95. The van der Waals surface area contributed by atoms with E-state index in [1.54, 1.807) is 18.6 Å². The summed E-state index contributed by atoms with van der Waals surface area (Å²) in [6.07, 6.45) is 10.4. The molecule has 1 aliphatic carbocycles. The molecule has 0 saturated heterocycles. The van der Waals surface area contributed by atoms with Crippen LogP contribution in [0, 0.1) is 5.92 Å². The largest absolute Gasteiger partial charge is 0.481 e. The maximum atomic E-state index is 10.9. The number of ether oxygens (including phenoxy) is 1. The molecule has 0 amide bonds. The zero-order valence-corrected chi connectivity index (χ0v) is 19.8. The number of nitrogens with one attached hydrogen (secondary N) is 1. The monoisotopic (exact) mass is 492 g/mol. The van der Waals surface area contributed by atoms with Crippen LogP contribution in [0.3, 0.4) is 0 Å². The SMILES string of the molecule is O=C(O)CC1CCC(Oc2ncc(C3=NC=C(c4n[nH]c(-c5ccc(Cl)cc5)n4)CC3)cn2)CC1. The van der Waals surface area contributed by atoms with Crippen molar-refractivity contribution in [2.75, 3.05) is 0 Å². The molecule has 1 saturated carbocycles. The molecule has 1 aromatic carbocycles. The molecule has 180 valence electrons. The molecule has 1 fully saturated rings. The van der Waals surface area contributed by atoms with Crippen molar-refractivity contribution in [3.05, 3.63) is 59.3 Å². The van der Waals surface area contributed by atoms with Crippen LogP contribution in [-0.2, 0) is 4.79 Å². The zero-order valence-electron chi connectivity index (χ0n) is 19.0. The van der Waals surface area contributed by atoms with Gasteiger partial charge in [-0.15, -0.1) is 0 Å². The molecule has 5 rings (SSSR count). The van der Waals surface area contributed by atoms with Gasteiger partial charge in [0.25, 0.3) is 0 Å². The van der Waals surface area contributed by atoms with E-state index in [0.717, 1.165) is 60.9 Å². The second-order valence-corrected chi connectivity index (χ2v) is 9.29. The second-order valence-electron chi connectivity index (χ2n) is 8.86. The van der Waals surface area contributed by atoms with E-state index >= 15 is 0 Å². The Kier molecular flexibility index (Phi) is 6.85. The highest BCUT2D eigenvalue weighted by Gasteiger charge is 2.25. The minimum atomic E-state index is -0.732. The fraction of sp³-hybridized carbons (Fsp3) is 0.360. The number of halogens is 1. The van der Waals surface area contributed by atoms with Gasteiger partial charge in [0.05, 0.1) is 5.71 Å². The molecule has 1 aliphatic heterocycles. The summed E-state index contributed by atoms with van der Waals surface area (Å²) in [5, 5.41) is 16.9. The van der Waals surface area contributed by atoms with Crippen LogP contribution in [0.5, 0.6) is 6.01 Å². The quantitative estimate of drug-likeness (QED) is 0.477. The van der Waals surface area contributed by atoms with E-state index in [-0.39, 0.29) is 18.4 Å². The number of H-pyrrole nitrogens is 1. The summed E-state index contributed by atoms with van der Waals surface area (Å²) in [6.45, 7) is 0. The number of carbonyl (C=O) groups is 1. The number of allylic oxidation sites excluding steroid dienone is 1. The highest BCUT2D eigenvalue weighted by molar-refractivity contribution is 6.30. The number of benzene rings is 1. The fourth-order valence-corrected chi connectivity index (χ4v) is 4.57. The Balaban J connectivity index is 1.19. The Morgan fingerprint density at radius 1 is 1.06 bits per heavy atom. The average Bonchev–Trinajstić information content (AvgIpc) is 3.36. The van der Waals surface area contributed by atoms with Crippen LogP contribution in [-0.4, -0.2) is 48.0 Å². The van der Waals surface area contributed by atoms with Gasteiger partial charge in [-0.05, 0) is 68.7 Å². The van der Waals surface area contributed by atoms with Crippen LogP contribution >= 0.6 is 11.6 Å². The van der Waals surface area contributed by atoms with Crippen molar-refractivity contribution in [1.29, 1.82) is 0 Å². The summed E-state index contributed by atoms with van der Waals surface area (Å²) in [4.78, 5) is 28.8. The van der Waals surface area contributed by atoms with E-state index in [9.17, 15) is 4.79 Å². The minimum absolute atomic E-state index is 0.0301. The van der Waals surface area contributed by atoms with Crippen LogP contribution in [0.1, 0.15) is 56.3 Å². The lowest BCUT2D eigenvalue weighted by Gasteiger charge is -2.27. The maximum absolute atomic E-state index is 10.9. The number of hydrogen-bond donors (Lipinski definition) is 2. The molecule has 9 nitrogen and oxygen atoms in total. The topological polar surface area (TPSA) is 126 Å². The maximum Gasteiger partial charge on any atom is 0.316 e. The van der Waals surface area contributed by atoms with Crippen molar-refractivity contribution in [3.8, 4) is 17.4 Å². The first kappa shape index (κ1) is 23.2. The van der Waals surface area contributed by atoms with Gasteiger partial charge in [0.2, 0.25) is 0 Å². The van der Waals surface area contributed by atoms with Gasteiger partial charge in [-0.2, -0.15) is 5.10 Å². The molecule has 0 unspecified atom stereocenters. The van der Waals surface area contributed by atoms with E-state index < -0.39 is 5.97 Å². The highest BCUT2D eigenvalue weighted by Crippen LogP contribution is 2.29. The third-order valence-corrected chi connectivity index (χ3v) is 6.64. The molecule has 35 heavy (non-hydrogen) atoms.